The molecule has 0 bridgehead atoms. The van der Waals surface area contributed by atoms with E-state index < -0.39 is 11.8 Å². The summed E-state index contributed by atoms with van der Waals surface area (Å²) >= 11 is 0. The van der Waals surface area contributed by atoms with Gasteiger partial charge in [-0.05, 0) is 69.4 Å². The Labute approximate surface area is 165 Å². The number of nitrogens with two attached hydrogens (primary N) is 1. The van der Waals surface area contributed by atoms with Crippen molar-refractivity contribution in [1.82, 2.24) is 19.6 Å². The number of hydrogen-bond acceptors (Lipinski definition) is 4. The Morgan fingerprint density at radius 3 is 2.61 bits per heavy atom. The van der Waals surface area contributed by atoms with Gasteiger partial charge in [-0.15, -0.1) is 0 Å². The summed E-state index contributed by atoms with van der Waals surface area (Å²) in [7, 11) is 2.16. The van der Waals surface area contributed by atoms with Crippen LogP contribution >= 0.6 is 0 Å². The molecule has 7 nitrogen and oxygen atoms in total. The van der Waals surface area contributed by atoms with Crippen molar-refractivity contribution in [2.45, 2.75) is 44.7 Å². The lowest BCUT2D eigenvalue weighted by molar-refractivity contribution is -0.147. The van der Waals surface area contributed by atoms with E-state index in [0.29, 0.717) is 18.5 Å². The number of carbonyl (C=O) groups excluding carboxylic acids is 2. The number of nitrogens with zero attached hydrogens (tertiary/aromatic N) is 4. The van der Waals surface area contributed by atoms with Crippen LogP contribution in [0, 0.1) is 5.92 Å². The van der Waals surface area contributed by atoms with E-state index in [9.17, 15) is 9.59 Å². The van der Waals surface area contributed by atoms with Crippen LogP contribution in [0.15, 0.2) is 24.4 Å². The van der Waals surface area contributed by atoms with Gasteiger partial charge in [0.2, 0.25) is 0 Å². The fourth-order valence-electron chi connectivity index (χ4n) is 4.58. The molecule has 0 aliphatic carbocycles. The number of rotatable bonds is 2. The van der Waals surface area contributed by atoms with E-state index in [4.69, 9.17) is 10.8 Å². The third-order valence-electron chi connectivity index (χ3n) is 6.28. The average Bonchev–Trinajstić information content (AvgIpc) is 3.11. The van der Waals surface area contributed by atoms with E-state index in [1.54, 1.807) is 4.90 Å². The highest BCUT2D eigenvalue weighted by Gasteiger charge is 2.33. The number of likely N-dealkylation sites (tertiary alicyclic amines) is 2. The first kappa shape index (κ1) is 18.9. The van der Waals surface area contributed by atoms with Gasteiger partial charge in [-0.3, -0.25) is 14.3 Å². The predicted octanol–water partition coefficient (Wildman–Crippen LogP) is 2.09. The summed E-state index contributed by atoms with van der Waals surface area (Å²) < 4.78 is 2.11. The summed E-state index contributed by atoms with van der Waals surface area (Å²) in [5.74, 6) is -1.09. The van der Waals surface area contributed by atoms with Gasteiger partial charge in [-0.1, -0.05) is 13.0 Å². The monoisotopic (exact) mass is 383 g/mol. The zero-order chi connectivity index (χ0) is 19.8. The van der Waals surface area contributed by atoms with Crippen LogP contribution in [0.5, 0.6) is 0 Å². The van der Waals surface area contributed by atoms with Crippen molar-refractivity contribution in [2.75, 3.05) is 26.7 Å². The zero-order valence-electron chi connectivity index (χ0n) is 16.7. The van der Waals surface area contributed by atoms with Crippen molar-refractivity contribution in [3.8, 4) is 0 Å². The Morgan fingerprint density at radius 1 is 1.14 bits per heavy atom. The molecule has 2 aromatic rings. The minimum Gasteiger partial charge on any atom is -0.361 e. The van der Waals surface area contributed by atoms with Crippen LogP contribution in [0.4, 0.5) is 0 Å². The molecule has 4 rings (SSSR count). The highest BCUT2D eigenvalue weighted by atomic mass is 16.2. The second-order valence-corrected chi connectivity index (χ2v) is 8.48. The molecule has 0 radical (unpaired) electrons. The van der Waals surface area contributed by atoms with E-state index in [1.165, 1.54) is 0 Å². The summed E-state index contributed by atoms with van der Waals surface area (Å²) in [6.07, 6.45) is 6.22. The zero-order valence-corrected chi connectivity index (χ0v) is 16.7. The Bertz CT molecular complexity index is 884. The third kappa shape index (κ3) is 3.63. The standard InChI is InChI=1S/C21H29N5O2/c1-14-3-6-19(25(12-14)21(28)20(22)27)15-4-5-18-16(11-15)13-26(23-18)17-7-9-24(2)10-8-17/h4-5,11,13-14,17,19H,3,6-10,12H2,1-2H3,(H2,22,27)/t14-,19+/m0/s1. The third-order valence-corrected chi connectivity index (χ3v) is 6.28. The minimum atomic E-state index is -0.879. The molecular formula is C21H29N5O2. The van der Waals surface area contributed by atoms with Crippen LogP contribution in [0.1, 0.15) is 50.3 Å². The quantitative estimate of drug-likeness (QED) is 0.805. The molecule has 3 heterocycles. The summed E-state index contributed by atoms with van der Waals surface area (Å²) in [4.78, 5) is 27.9. The van der Waals surface area contributed by atoms with Crippen LogP contribution in [0.25, 0.3) is 10.9 Å². The highest BCUT2D eigenvalue weighted by molar-refractivity contribution is 6.34. The smallest absolute Gasteiger partial charge is 0.312 e. The summed E-state index contributed by atoms with van der Waals surface area (Å²) in [6.45, 7) is 4.86. The highest BCUT2D eigenvalue weighted by Crippen LogP contribution is 2.35. The van der Waals surface area contributed by atoms with Gasteiger partial charge in [0.05, 0.1) is 17.6 Å². The van der Waals surface area contributed by atoms with E-state index >= 15 is 0 Å². The summed E-state index contributed by atoms with van der Waals surface area (Å²) in [6, 6.07) is 6.52. The predicted molar refractivity (Wildman–Crippen MR) is 108 cm³/mol. The van der Waals surface area contributed by atoms with Crippen molar-refractivity contribution in [1.29, 1.82) is 0 Å². The molecule has 0 unspecified atom stereocenters. The number of benzene rings is 1. The second kappa shape index (κ2) is 7.54. The van der Waals surface area contributed by atoms with Gasteiger partial charge in [0.25, 0.3) is 0 Å². The van der Waals surface area contributed by atoms with E-state index in [-0.39, 0.29) is 6.04 Å². The maximum Gasteiger partial charge on any atom is 0.312 e. The Kier molecular flexibility index (Phi) is 5.10. The van der Waals surface area contributed by atoms with Gasteiger partial charge in [0.1, 0.15) is 0 Å². The fraction of sp³-hybridized carbons (Fsp3) is 0.571. The molecule has 2 atom stereocenters. The number of primary amides is 1. The molecule has 2 N–H and O–H groups in total. The van der Waals surface area contributed by atoms with Crippen molar-refractivity contribution < 1.29 is 9.59 Å². The first-order valence-corrected chi connectivity index (χ1v) is 10.2. The molecule has 150 valence electrons. The number of fused-ring (bicyclic) bond motifs is 1. The summed E-state index contributed by atoms with van der Waals surface area (Å²) in [5.41, 5.74) is 7.32. The van der Waals surface area contributed by atoms with Crippen LogP contribution in [0.2, 0.25) is 0 Å². The molecule has 1 aromatic heterocycles. The fourth-order valence-corrected chi connectivity index (χ4v) is 4.58. The van der Waals surface area contributed by atoms with Crippen molar-refractivity contribution in [2.24, 2.45) is 11.7 Å². The Balaban J connectivity index is 1.61. The lowest BCUT2D eigenvalue weighted by Gasteiger charge is -2.38. The average molecular weight is 383 g/mol. The van der Waals surface area contributed by atoms with Crippen molar-refractivity contribution >= 4 is 22.7 Å². The SMILES string of the molecule is C[C@H]1CC[C@H](c2ccc3nn(C4CCN(C)CC4)cc3c2)N(C(=O)C(N)=O)C1. The molecule has 2 saturated heterocycles. The van der Waals surface area contributed by atoms with Crippen molar-refractivity contribution in [3.63, 3.8) is 0 Å². The number of hydrogen-bond donors (Lipinski definition) is 1. The molecule has 2 fully saturated rings. The van der Waals surface area contributed by atoms with E-state index in [1.807, 2.05) is 12.1 Å². The van der Waals surface area contributed by atoms with Gasteiger partial charge in [-0.2, -0.15) is 5.10 Å². The van der Waals surface area contributed by atoms with Crippen LogP contribution in [-0.2, 0) is 9.59 Å². The number of amides is 2. The van der Waals surface area contributed by atoms with Gasteiger partial charge < -0.3 is 15.5 Å². The number of piperidine rings is 2. The maximum atomic E-state index is 12.4. The van der Waals surface area contributed by atoms with Crippen LogP contribution in [-0.4, -0.2) is 58.1 Å². The Morgan fingerprint density at radius 2 is 1.89 bits per heavy atom. The van der Waals surface area contributed by atoms with Gasteiger partial charge >= 0.3 is 11.8 Å². The van der Waals surface area contributed by atoms with Gasteiger partial charge in [-0.25, -0.2) is 0 Å². The normalized spacial score (nSPS) is 24.6. The minimum absolute atomic E-state index is 0.104. The lowest BCUT2D eigenvalue weighted by Crippen LogP contribution is -2.46. The number of carbonyl (C=O) groups is 2. The van der Waals surface area contributed by atoms with Crippen LogP contribution < -0.4 is 5.73 Å². The van der Waals surface area contributed by atoms with Crippen molar-refractivity contribution in [3.05, 3.63) is 30.0 Å². The first-order valence-electron chi connectivity index (χ1n) is 10.2. The molecule has 2 amide bonds. The molecule has 2 aliphatic heterocycles. The maximum absolute atomic E-state index is 12.4. The first-order chi connectivity index (χ1) is 13.4. The molecule has 28 heavy (non-hydrogen) atoms. The largest absolute Gasteiger partial charge is 0.361 e. The van der Waals surface area contributed by atoms with Gasteiger partial charge in [0.15, 0.2) is 0 Å². The summed E-state index contributed by atoms with van der Waals surface area (Å²) in [5, 5.41) is 5.87. The second-order valence-electron chi connectivity index (χ2n) is 8.48. The molecule has 1 aromatic carbocycles. The topological polar surface area (TPSA) is 84.5 Å². The molecule has 0 spiro atoms. The molecule has 2 aliphatic rings. The van der Waals surface area contributed by atoms with E-state index in [2.05, 4.69) is 35.8 Å². The molecule has 0 saturated carbocycles. The van der Waals surface area contributed by atoms with Crippen LogP contribution in [0.3, 0.4) is 0 Å². The van der Waals surface area contributed by atoms with E-state index in [0.717, 1.165) is 55.2 Å². The molecular weight excluding hydrogens is 354 g/mol. The Hall–Kier alpha value is -2.41. The lowest BCUT2D eigenvalue weighted by atomic mass is 9.89. The van der Waals surface area contributed by atoms with Gasteiger partial charge in [0, 0.05) is 18.1 Å². The number of aromatic nitrogens is 2. The molecule has 7 heteroatoms.